The van der Waals surface area contributed by atoms with Crippen molar-refractivity contribution in [3.05, 3.63) is 71.3 Å². The first-order valence-electron chi connectivity index (χ1n) is 10.2. The molecule has 0 fully saturated rings. The first-order valence-corrected chi connectivity index (χ1v) is 10.6. The Bertz CT molecular complexity index is 1280. The second kappa shape index (κ2) is 9.30. The zero-order valence-corrected chi connectivity index (χ0v) is 19.5. The number of carbonyl (C=O) groups is 1. The zero-order chi connectivity index (χ0) is 23.5. The van der Waals surface area contributed by atoms with Crippen molar-refractivity contribution in [1.82, 2.24) is 10.3 Å². The fourth-order valence-electron chi connectivity index (χ4n) is 3.40. The molecule has 0 aliphatic carbocycles. The van der Waals surface area contributed by atoms with Crippen molar-refractivity contribution in [3.63, 3.8) is 0 Å². The van der Waals surface area contributed by atoms with Crippen LogP contribution in [0.25, 0.3) is 22.6 Å². The van der Waals surface area contributed by atoms with Crippen LogP contribution in [0.4, 0.5) is 5.69 Å². The summed E-state index contributed by atoms with van der Waals surface area (Å²) in [6.45, 7) is 4.10. The van der Waals surface area contributed by atoms with Gasteiger partial charge in [0.15, 0.2) is 10.7 Å². The van der Waals surface area contributed by atoms with Gasteiger partial charge in [0, 0.05) is 11.3 Å². The number of benzene rings is 3. The average Bonchev–Trinajstić information content (AvgIpc) is 3.21. The second-order valence-electron chi connectivity index (χ2n) is 7.45. The topological polar surface area (TPSA) is 85.6 Å². The highest BCUT2D eigenvalue weighted by molar-refractivity contribution is 7.80. The summed E-state index contributed by atoms with van der Waals surface area (Å²) < 4.78 is 16.5. The van der Waals surface area contributed by atoms with Crippen LogP contribution in [-0.2, 0) is 0 Å². The monoisotopic (exact) mass is 461 g/mol. The summed E-state index contributed by atoms with van der Waals surface area (Å²) in [6, 6.07) is 16.5. The first kappa shape index (κ1) is 22.3. The van der Waals surface area contributed by atoms with Crippen LogP contribution in [0.3, 0.4) is 0 Å². The van der Waals surface area contributed by atoms with Gasteiger partial charge in [0.1, 0.15) is 22.6 Å². The van der Waals surface area contributed by atoms with Crippen LogP contribution in [-0.4, -0.2) is 30.2 Å². The Morgan fingerprint density at radius 2 is 1.61 bits per heavy atom. The molecule has 0 aliphatic heterocycles. The molecule has 0 atom stereocenters. The first-order chi connectivity index (χ1) is 15.9. The van der Waals surface area contributed by atoms with Crippen molar-refractivity contribution in [3.8, 4) is 23.0 Å². The molecule has 0 aliphatic rings. The lowest BCUT2D eigenvalue weighted by Gasteiger charge is -2.14. The number of aryl methyl sites for hydroxylation is 2. The van der Waals surface area contributed by atoms with Crippen molar-refractivity contribution in [1.29, 1.82) is 0 Å². The van der Waals surface area contributed by atoms with Gasteiger partial charge in [-0.25, -0.2) is 4.98 Å². The Hall–Kier alpha value is -3.91. The van der Waals surface area contributed by atoms with Gasteiger partial charge in [-0.05, 0) is 85.7 Å². The maximum atomic E-state index is 12.8. The summed E-state index contributed by atoms with van der Waals surface area (Å²) in [6.07, 6.45) is 0. The number of hydrogen-bond acceptors (Lipinski definition) is 6. The van der Waals surface area contributed by atoms with Gasteiger partial charge < -0.3 is 19.2 Å². The molecule has 0 bridgehead atoms. The third-order valence-electron chi connectivity index (χ3n) is 5.28. The molecular weight excluding hydrogens is 438 g/mol. The van der Waals surface area contributed by atoms with E-state index in [0.29, 0.717) is 23.1 Å². The van der Waals surface area contributed by atoms with Crippen LogP contribution < -0.4 is 20.1 Å². The van der Waals surface area contributed by atoms with Gasteiger partial charge in [0.25, 0.3) is 5.91 Å². The third-order valence-corrected chi connectivity index (χ3v) is 5.48. The average molecular weight is 462 g/mol. The maximum Gasteiger partial charge on any atom is 0.264 e. The Labute approximate surface area is 196 Å². The Morgan fingerprint density at radius 1 is 0.970 bits per heavy atom. The molecule has 0 spiro atoms. The number of nitrogens with one attached hydrogen (secondary N) is 2. The van der Waals surface area contributed by atoms with Gasteiger partial charge in [0.05, 0.1) is 14.2 Å². The fourth-order valence-corrected chi connectivity index (χ4v) is 3.61. The summed E-state index contributed by atoms with van der Waals surface area (Å²) in [4.78, 5) is 17.3. The maximum absolute atomic E-state index is 12.8. The predicted octanol–water partition coefficient (Wildman–Crippen LogP) is 5.26. The van der Waals surface area contributed by atoms with Gasteiger partial charge in [-0.15, -0.1) is 0 Å². The molecule has 1 heterocycles. The molecule has 33 heavy (non-hydrogen) atoms. The van der Waals surface area contributed by atoms with E-state index in [2.05, 4.69) is 22.5 Å². The molecule has 0 unspecified atom stereocenters. The number of rotatable bonds is 5. The molecule has 4 rings (SSSR count). The standard InChI is InChI=1S/C25H23N3O4S/c1-14-12-18-21(13-15(14)2)32-24(27-18)16-8-10-17(11-9-16)26-25(33)28-23(29)22-19(30-3)6-5-7-20(22)31-4/h5-13H,1-4H3,(H2,26,28,29,33). The Kier molecular flexibility index (Phi) is 6.28. The molecule has 8 heteroatoms. The number of methoxy groups -OCH3 is 2. The number of aromatic nitrogens is 1. The van der Waals surface area contributed by atoms with E-state index in [1.54, 1.807) is 18.2 Å². The normalized spacial score (nSPS) is 10.7. The SMILES string of the molecule is COc1cccc(OC)c1C(=O)NC(=S)Nc1ccc(-c2nc3cc(C)c(C)cc3o2)cc1. The summed E-state index contributed by atoms with van der Waals surface area (Å²) in [7, 11) is 2.98. The van der Waals surface area contributed by atoms with Crippen molar-refractivity contribution >= 4 is 40.0 Å². The molecule has 0 saturated heterocycles. The molecule has 2 N–H and O–H groups in total. The lowest BCUT2D eigenvalue weighted by Crippen LogP contribution is -2.34. The highest BCUT2D eigenvalue weighted by Crippen LogP contribution is 2.29. The number of amides is 1. The minimum absolute atomic E-state index is 0.147. The van der Waals surface area contributed by atoms with Crippen molar-refractivity contribution in [2.75, 3.05) is 19.5 Å². The second-order valence-corrected chi connectivity index (χ2v) is 7.85. The summed E-state index contributed by atoms with van der Waals surface area (Å²) in [5, 5.41) is 5.81. The van der Waals surface area contributed by atoms with E-state index in [4.69, 9.17) is 26.1 Å². The van der Waals surface area contributed by atoms with E-state index >= 15 is 0 Å². The minimum Gasteiger partial charge on any atom is -0.496 e. The van der Waals surface area contributed by atoms with Gasteiger partial charge in [-0.1, -0.05) is 6.07 Å². The van der Waals surface area contributed by atoms with Crippen LogP contribution in [0.15, 0.2) is 59.0 Å². The minimum atomic E-state index is -0.435. The lowest BCUT2D eigenvalue weighted by molar-refractivity contribution is 0.0971. The highest BCUT2D eigenvalue weighted by Gasteiger charge is 2.19. The van der Waals surface area contributed by atoms with Crippen LogP contribution >= 0.6 is 12.2 Å². The van der Waals surface area contributed by atoms with E-state index in [1.165, 1.54) is 19.8 Å². The van der Waals surface area contributed by atoms with Gasteiger partial charge in [-0.3, -0.25) is 10.1 Å². The van der Waals surface area contributed by atoms with Crippen LogP contribution in [0.2, 0.25) is 0 Å². The number of ether oxygens (including phenoxy) is 2. The van der Waals surface area contributed by atoms with E-state index in [9.17, 15) is 4.79 Å². The molecule has 3 aromatic carbocycles. The number of nitrogens with zero attached hydrogens (tertiary/aromatic N) is 1. The smallest absolute Gasteiger partial charge is 0.264 e. The Balaban J connectivity index is 1.46. The molecule has 1 amide bonds. The molecular formula is C25H23N3O4S. The molecule has 168 valence electrons. The number of carbonyl (C=O) groups excluding carboxylic acids is 1. The molecule has 7 nitrogen and oxygen atoms in total. The quantitative estimate of drug-likeness (QED) is 0.392. The molecule has 0 radical (unpaired) electrons. The third kappa shape index (κ3) is 4.65. The number of thiocarbonyl (C=S) groups is 1. The molecule has 0 saturated carbocycles. The highest BCUT2D eigenvalue weighted by atomic mass is 32.1. The molecule has 4 aromatic rings. The van der Waals surface area contributed by atoms with Crippen molar-refractivity contribution < 1.29 is 18.7 Å². The van der Waals surface area contributed by atoms with Crippen molar-refractivity contribution in [2.24, 2.45) is 0 Å². The van der Waals surface area contributed by atoms with Crippen LogP contribution in [0.5, 0.6) is 11.5 Å². The lowest BCUT2D eigenvalue weighted by atomic mass is 10.1. The predicted molar refractivity (Wildman–Crippen MR) is 132 cm³/mol. The zero-order valence-electron chi connectivity index (χ0n) is 18.7. The van der Waals surface area contributed by atoms with Crippen LogP contribution in [0.1, 0.15) is 21.5 Å². The number of oxazole rings is 1. The summed E-state index contributed by atoms with van der Waals surface area (Å²) >= 11 is 5.31. The van der Waals surface area contributed by atoms with E-state index in [-0.39, 0.29) is 10.7 Å². The number of anilines is 1. The largest absolute Gasteiger partial charge is 0.496 e. The number of fused-ring (bicyclic) bond motifs is 1. The van der Waals surface area contributed by atoms with Gasteiger partial charge in [0.2, 0.25) is 5.89 Å². The van der Waals surface area contributed by atoms with Gasteiger partial charge >= 0.3 is 0 Å². The van der Waals surface area contributed by atoms with E-state index in [1.807, 2.05) is 43.3 Å². The van der Waals surface area contributed by atoms with Crippen LogP contribution in [0, 0.1) is 13.8 Å². The van der Waals surface area contributed by atoms with E-state index < -0.39 is 5.91 Å². The summed E-state index contributed by atoms with van der Waals surface area (Å²) in [5.74, 6) is 0.890. The van der Waals surface area contributed by atoms with Gasteiger partial charge in [-0.2, -0.15) is 0 Å². The number of hydrogen-bond donors (Lipinski definition) is 2. The fraction of sp³-hybridized carbons (Fsp3) is 0.160. The molecule has 1 aromatic heterocycles. The van der Waals surface area contributed by atoms with Crippen molar-refractivity contribution in [2.45, 2.75) is 13.8 Å². The summed E-state index contributed by atoms with van der Waals surface area (Å²) in [5.41, 5.74) is 5.72. The Morgan fingerprint density at radius 3 is 2.24 bits per heavy atom. The van der Waals surface area contributed by atoms with E-state index in [0.717, 1.165) is 22.2 Å².